The van der Waals surface area contributed by atoms with Crippen LogP contribution >= 0.6 is 12.2 Å². The Hall–Kier alpha value is -2.41. The van der Waals surface area contributed by atoms with Crippen LogP contribution in [0.25, 0.3) is 0 Å². The van der Waals surface area contributed by atoms with Crippen LogP contribution in [0.5, 0.6) is 0 Å². The number of nitrogens with one attached hydrogen (secondary N) is 2. The summed E-state index contributed by atoms with van der Waals surface area (Å²) in [5, 5.41) is 6.61. The van der Waals surface area contributed by atoms with Gasteiger partial charge in [-0.05, 0) is 30.8 Å². The molecule has 1 aromatic carbocycles. The van der Waals surface area contributed by atoms with Gasteiger partial charge in [0.05, 0.1) is 24.7 Å². The van der Waals surface area contributed by atoms with Gasteiger partial charge in [0.1, 0.15) is 0 Å². The molecule has 7 heteroatoms. The molecule has 0 saturated heterocycles. The largest absolute Gasteiger partial charge is 0.465 e. The maximum atomic E-state index is 11.7. The third-order valence-electron chi connectivity index (χ3n) is 3.02. The second kappa shape index (κ2) is 8.14. The van der Waals surface area contributed by atoms with Crippen LogP contribution in [0, 0.1) is 0 Å². The van der Waals surface area contributed by atoms with Gasteiger partial charge in [0.15, 0.2) is 5.11 Å². The number of thiocarbonyl (C=S) groups is 1. The minimum atomic E-state index is -0.397. The summed E-state index contributed by atoms with van der Waals surface area (Å²) in [6.07, 6.45) is 6.37. The number of para-hydroxylation sites is 1. The molecule has 116 valence electrons. The van der Waals surface area contributed by atoms with Crippen molar-refractivity contribution in [1.29, 1.82) is 0 Å². The molecule has 0 amide bonds. The van der Waals surface area contributed by atoms with E-state index in [1.165, 1.54) is 7.11 Å². The van der Waals surface area contributed by atoms with Crippen molar-refractivity contribution in [3.05, 3.63) is 48.5 Å². The number of imidazole rings is 1. The number of aryl methyl sites for hydroxylation is 1. The van der Waals surface area contributed by atoms with Gasteiger partial charge in [0, 0.05) is 25.5 Å². The Morgan fingerprint density at radius 1 is 1.41 bits per heavy atom. The van der Waals surface area contributed by atoms with Crippen molar-refractivity contribution in [3.63, 3.8) is 0 Å². The van der Waals surface area contributed by atoms with Gasteiger partial charge in [-0.15, -0.1) is 0 Å². The van der Waals surface area contributed by atoms with Gasteiger partial charge in [-0.2, -0.15) is 0 Å². The average molecular weight is 318 g/mol. The number of carbonyl (C=O) groups is 1. The molecule has 0 aliphatic carbocycles. The van der Waals surface area contributed by atoms with Gasteiger partial charge < -0.3 is 19.9 Å². The number of carbonyl (C=O) groups excluding carboxylic acids is 1. The molecule has 1 aromatic heterocycles. The van der Waals surface area contributed by atoms with Crippen LogP contribution in [-0.4, -0.2) is 34.3 Å². The van der Waals surface area contributed by atoms with Gasteiger partial charge in [0.2, 0.25) is 0 Å². The smallest absolute Gasteiger partial charge is 0.339 e. The zero-order chi connectivity index (χ0) is 15.8. The number of hydrogen-bond donors (Lipinski definition) is 2. The minimum absolute atomic E-state index is 0.397. The topological polar surface area (TPSA) is 68.2 Å². The number of ether oxygens (including phenoxy) is 1. The maximum absolute atomic E-state index is 11.7. The van der Waals surface area contributed by atoms with Crippen LogP contribution in [0.4, 0.5) is 5.69 Å². The van der Waals surface area contributed by atoms with Crippen molar-refractivity contribution in [1.82, 2.24) is 14.9 Å². The summed E-state index contributed by atoms with van der Waals surface area (Å²) in [5.41, 5.74) is 1.08. The van der Waals surface area contributed by atoms with E-state index in [1.807, 2.05) is 16.8 Å². The van der Waals surface area contributed by atoms with Crippen LogP contribution < -0.4 is 10.6 Å². The number of esters is 1. The van der Waals surface area contributed by atoms with Gasteiger partial charge in [0.25, 0.3) is 0 Å². The first-order valence-corrected chi connectivity index (χ1v) is 7.29. The Labute approximate surface area is 134 Å². The molecule has 0 unspecified atom stereocenters. The first-order chi connectivity index (χ1) is 10.7. The standard InChI is InChI=1S/C15H18N4O2S/c1-21-14(20)12-5-2-3-6-13(12)18-15(22)17-7-4-9-19-10-8-16-11-19/h2-3,5-6,8,10-11H,4,7,9H2,1H3,(H2,17,18,22). The number of rotatable bonds is 6. The van der Waals surface area contributed by atoms with Crippen molar-refractivity contribution in [2.24, 2.45) is 0 Å². The molecule has 22 heavy (non-hydrogen) atoms. The molecule has 0 saturated carbocycles. The molecule has 2 N–H and O–H groups in total. The number of aromatic nitrogens is 2. The predicted molar refractivity (Wildman–Crippen MR) is 88.8 cm³/mol. The molecule has 0 atom stereocenters. The van der Waals surface area contributed by atoms with Crippen LogP contribution in [-0.2, 0) is 11.3 Å². The molecule has 6 nitrogen and oxygen atoms in total. The lowest BCUT2D eigenvalue weighted by Gasteiger charge is -2.13. The molecule has 0 fully saturated rings. The number of hydrogen-bond acceptors (Lipinski definition) is 4. The van der Waals surface area contributed by atoms with E-state index in [0.29, 0.717) is 16.4 Å². The Bertz CT molecular complexity index is 628. The summed E-state index contributed by atoms with van der Waals surface area (Å²) in [4.78, 5) is 15.7. The zero-order valence-corrected chi connectivity index (χ0v) is 13.1. The Balaban J connectivity index is 1.80. The summed E-state index contributed by atoms with van der Waals surface area (Å²) in [5.74, 6) is -0.397. The maximum Gasteiger partial charge on any atom is 0.339 e. The molecule has 0 aliphatic rings. The molecule has 2 aromatic rings. The van der Waals surface area contributed by atoms with E-state index in [-0.39, 0.29) is 0 Å². The summed E-state index contributed by atoms with van der Waals surface area (Å²) in [7, 11) is 1.35. The van der Waals surface area contributed by atoms with Crippen LogP contribution in [0.3, 0.4) is 0 Å². The quantitative estimate of drug-likeness (QED) is 0.483. The molecule has 0 spiro atoms. The highest BCUT2D eigenvalue weighted by atomic mass is 32.1. The fraction of sp³-hybridized carbons (Fsp3) is 0.267. The number of anilines is 1. The van der Waals surface area contributed by atoms with E-state index in [1.54, 1.807) is 30.7 Å². The van der Waals surface area contributed by atoms with Crippen LogP contribution in [0.1, 0.15) is 16.8 Å². The van der Waals surface area contributed by atoms with Crippen LogP contribution in [0.2, 0.25) is 0 Å². The van der Waals surface area contributed by atoms with E-state index in [0.717, 1.165) is 19.5 Å². The number of methoxy groups -OCH3 is 1. The van der Waals surface area contributed by atoms with Gasteiger partial charge in [-0.3, -0.25) is 0 Å². The van der Waals surface area contributed by atoms with Gasteiger partial charge >= 0.3 is 5.97 Å². The van der Waals surface area contributed by atoms with E-state index < -0.39 is 5.97 Å². The highest BCUT2D eigenvalue weighted by Gasteiger charge is 2.11. The lowest BCUT2D eigenvalue weighted by atomic mass is 10.2. The molecule has 0 radical (unpaired) electrons. The fourth-order valence-electron chi connectivity index (χ4n) is 1.93. The first kappa shape index (κ1) is 16.0. The number of nitrogens with zero attached hydrogens (tertiary/aromatic N) is 2. The van der Waals surface area contributed by atoms with E-state index in [4.69, 9.17) is 17.0 Å². The molecular weight excluding hydrogens is 300 g/mol. The average Bonchev–Trinajstić information content (AvgIpc) is 3.05. The predicted octanol–water partition coefficient (Wildman–Crippen LogP) is 2.05. The van der Waals surface area contributed by atoms with E-state index in [2.05, 4.69) is 15.6 Å². The summed E-state index contributed by atoms with van der Waals surface area (Å²) < 4.78 is 6.75. The fourth-order valence-corrected chi connectivity index (χ4v) is 2.14. The highest BCUT2D eigenvalue weighted by molar-refractivity contribution is 7.80. The van der Waals surface area contributed by atoms with Gasteiger partial charge in [-0.1, -0.05) is 12.1 Å². The van der Waals surface area contributed by atoms with E-state index in [9.17, 15) is 4.79 Å². The Kier molecular flexibility index (Phi) is 5.91. The third kappa shape index (κ3) is 4.56. The molecule has 1 heterocycles. The lowest BCUT2D eigenvalue weighted by molar-refractivity contribution is 0.0602. The highest BCUT2D eigenvalue weighted by Crippen LogP contribution is 2.15. The summed E-state index contributed by atoms with van der Waals surface area (Å²) >= 11 is 5.24. The lowest BCUT2D eigenvalue weighted by Crippen LogP contribution is -2.30. The van der Waals surface area contributed by atoms with E-state index >= 15 is 0 Å². The van der Waals surface area contributed by atoms with Crippen molar-refractivity contribution in [2.75, 3.05) is 19.0 Å². The third-order valence-corrected chi connectivity index (χ3v) is 3.26. The summed E-state index contributed by atoms with van der Waals surface area (Å²) in [6.45, 7) is 1.60. The van der Waals surface area contributed by atoms with Crippen LogP contribution in [0.15, 0.2) is 43.0 Å². The number of benzene rings is 1. The molecule has 0 bridgehead atoms. The Morgan fingerprint density at radius 2 is 2.23 bits per heavy atom. The SMILES string of the molecule is COC(=O)c1ccccc1NC(=S)NCCCn1ccnc1. The monoisotopic (exact) mass is 318 g/mol. The Morgan fingerprint density at radius 3 is 2.95 bits per heavy atom. The minimum Gasteiger partial charge on any atom is -0.465 e. The zero-order valence-electron chi connectivity index (χ0n) is 12.3. The van der Waals surface area contributed by atoms with Crippen molar-refractivity contribution in [2.45, 2.75) is 13.0 Å². The molecule has 0 aliphatic heterocycles. The first-order valence-electron chi connectivity index (χ1n) is 6.88. The summed E-state index contributed by atoms with van der Waals surface area (Å²) in [6, 6.07) is 7.08. The normalized spacial score (nSPS) is 10.0. The van der Waals surface area contributed by atoms with Gasteiger partial charge in [-0.25, -0.2) is 9.78 Å². The van der Waals surface area contributed by atoms with Crippen molar-refractivity contribution < 1.29 is 9.53 Å². The van der Waals surface area contributed by atoms with Crippen molar-refractivity contribution >= 4 is 29.0 Å². The van der Waals surface area contributed by atoms with Crippen molar-refractivity contribution in [3.8, 4) is 0 Å². The molecular formula is C15H18N4O2S. The second-order valence-electron chi connectivity index (χ2n) is 4.57. The molecule has 2 rings (SSSR count). The second-order valence-corrected chi connectivity index (χ2v) is 4.98.